The van der Waals surface area contributed by atoms with Crippen molar-refractivity contribution in [2.45, 2.75) is 41.0 Å². The van der Waals surface area contributed by atoms with E-state index in [0.717, 1.165) is 29.6 Å². The molecule has 0 radical (unpaired) electrons. The van der Waals surface area contributed by atoms with Crippen LogP contribution in [0.3, 0.4) is 0 Å². The summed E-state index contributed by atoms with van der Waals surface area (Å²) in [6, 6.07) is 0. The van der Waals surface area contributed by atoms with E-state index in [4.69, 9.17) is 0 Å². The van der Waals surface area contributed by atoms with Gasteiger partial charge in [0.1, 0.15) is 0 Å². The summed E-state index contributed by atoms with van der Waals surface area (Å²) in [7, 11) is 0. The predicted octanol–water partition coefficient (Wildman–Crippen LogP) is 3.57. The number of hydrogen-bond acceptors (Lipinski definition) is 0. The Morgan fingerprint density at radius 1 is 1.09 bits per heavy atom. The van der Waals surface area contributed by atoms with Crippen molar-refractivity contribution in [2.75, 3.05) is 0 Å². The van der Waals surface area contributed by atoms with Crippen LogP contribution < -0.4 is 0 Å². The summed E-state index contributed by atoms with van der Waals surface area (Å²) in [4.78, 5) is 0. The Bertz CT molecular complexity index is 126. The Labute approximate surface area is 71.4 Å². The van der Waals surface area contributed by atoms with E-state index in [1.165, 1.54) is 6.42 Å². The Kier molecular flexibility index (Phi) is 2.61. The zero-order chi connectivity index (χ0) is 8.59. The summed E-state index contributed by atoms with van der Waals surface area (Å²) >= 11 is 0. The Morgan fingerprint density at radius 2 is 1.55 bits per heavy atom. The highest BCUT2D eigenvalue weighted by atomic mass is 14.4. The minimum Gasteiger partial charge on any atom is -0.0625 e. The SMILES string of the molecule is CC(C)C(C)C(C)C1CC1C. The van der Waals surface area contributed by atoms with Crippen molar-refractivity contribution in [1.29, 1.82) is 0 Å². The molecular formula is C11H22. The predicted molar refractivity (Wildman–Crippen MR) is 50.4 cm³/mol. The second-order valence-electron chi connectivity index (χ2n) is 4.84. The van der Waals surface area contributed by atoms with Gasteiger partial charge in [0.05, 0.1) is 0 Å². The van der Waals surface area contributed by atoms with Crippen molar-refractivity contribution in [3.05, 3.63) is 0 Å². The van der Waals surface area contributed by atoms with E-state index >= 15 is 0 Å². The first kappa shape index (κ1) is 9.09. The quantitative estimate of drug-likeness (QED) is 0.583. The fraction of sp³-hybridized carbons (Fsp3) is 1.00. The Morgan fingerprint density at radius 3 is 1.82 bits per heavy atom. The van der Waals surface area contributed by atoms with Crippen LogP contribution in [0.15, 0.2) is 0 Å². The molecule has 0 bridgehead atoms. The van der Waals surface area contributed by atoms with E-state index in [-0.39, 0.29) is 0 Å². The third-order valence-electron chi connectivity index (χ3n) is 3.73. The highest BCUT2D eigenvalue weighted by molar-refractivity contribution is 4.88. The zero-order valence-corrected chi connectivity index (χ0v) is 8.59. The fourth-order valence-electron chi connectivity index (χ4n) is 2.08. The third-order valence-corrected chi connectivity index (χ3v) is 3.73. The van der Waals surface area contributed by atoms with Crippen molar-refractivity contribution in [3.63, 3.8) is 0 Å². The standard InChI is InChI=1S/C11H22/c1-7(2)9(4)10(5)11-6-8(11)3/h7-11H,6H2,1-5H3. The second kappa shape index (κ2) is 3.16. The van der Waals surface area contributed by atoms with Gasteiger partial charge in [0.25, 0.3) is 0 Å². The lowest BCUT2D eigenvalue weighted by Gasteiger charge is -2.23. The van der Waals surface area contributed by atoms with Crippen molar-refractivity contribution in [3.8, 4) is 0 Å². The van der Waals surface area contributed by atoms with E-state index in [2.05, 4.69) is 34.6 Å². The molecule has 66 valence electrons. The molecule has 0 saturated heterocycles. The van der Waals surface area contributed by atoms with Crippen LogP contribution in [0, 0.1) is 29.6 Å². The molecular weight excluding hydrogens is 132 g/mol. The zero-order valence-electron chi connectivity index (χ0n) is 8.59. The van der Waals surface area contributed by atoms with E-state index in [0.29, 0.717) is 0 Å². The van der Waals surface area contributed by atoms with Crippen LogP contribution in [0.1, 0.15) is 41.0 Å². The summed E-state index contributed by atoms with van der Waals surface area (Å²) in [5.74, 6) is 4.78. The molecule has 4 atom stereocenters. The van der Waals surface area contributed by atoms with Gasteiger partial charge in [-0.2, -0.15) is 0 Å². The van der Waals surface area contributed by atoms with Gasteiger partial charge in [-0.25, -0.2) is 0 Å². The van der Waals surface area contributed by atoms with Gasteiger partial charge in [0.15, 0.2) is 0 Å². The van der Waals surface area contributed by atoms with Crippen LogP contribution in [0.5, 0.6) is 0 Å². The van der Waals surface area contributed by atoms with E-state index in [1.54, 1.807) is 0 Å². The first-order valence-corrected chi connectivity index (χ1v) is 5.04. The molecule has 0 heterocycles. The summed E-state index contributed by atoms with van der Waals surface area (Å²) in [5, 5.41) is 0. The molecule has 0 aromatic heterocycles. The van der Waals surface area contributed by atoms with Gasteiger partial charge >= 0.3 is 0 Å². The number of hydrogen-bond donors (Lipinski definition) is 0. The van der Waals surface area contributed by atoms with Crippen molar-refractivity contribution in [2.24, 2.45) is 29.6 Å². The molecule has 0 spiro atoms. The Hall–Kier alpha value is 0. The summed E-state index contributed by atoms with van der Waals surface area (Å²) in [5.41, 5.74) is 0. The molecule has 0 nitrogen and oxygen atoms in total. The molecule has 1 aliphatic carbocycles. The molecule has 1 rings (SSSR count). The van der Waals surface area contributed by atoms with Crippen LogP contribution in [0.4, 0.5) is 0 Å². The maximum atomic E-state index is 2.43. The van der Waals surface area contributed by atoms with Gasteiger partial charge in [0, 0.05) is 0 Å². The van der Waals surface area contributed by atoms with Gasteiger partial charge < -0.3 is 0 Å². The summed E-state index contributed by atoms with van der Waals surface area (Å²) in [6.45, 7) is 11.9. The Balaban J connectivity index is 2.35. The first-order chi connectivity index (χ1) is 5.04. The van der Waals surface area contributed by atoms with Crippen LogP contribution >= 0.6 is 0 Å². The maximum Gasteiger partial charge on any atom is -0.0357 e. The molecule has 0 aromatic carbocycles. The average molecular weight is 154 g/mol. The monoisotopic (exact) mass is 154 g/mol. The van der Waals surface area contributed by atoms with Gasteiger partial charge in [0.2, 0.25) is 0 Å². The largest absolute Gasteiger partial charge is 0.0625 e. The topological polar surface area (TPSA) is 0 Å². The molecule has 0 aromatic rings. The molecule has 1 aliphatic rings. The molecule has 1 saturated carbocycles. The smallest absolute Gasteiger partial charge is 0.0357 e. The summed E-state index contributed by atoms with van der Waals surface area (Å²) in [6.07, 6.45) is 1.48. The lowest BCUT2D eigenvalue weighted by molar-refractivity contribution is 0.261. The second-order valence-corrected chi connectivity index (χ2v) is 4.84. The van der Waals surface area contributed by atoms with Crippen molar-refractivity contribution >= 4 is 0 Å². The summed E-state index contributed by atoms with van der Waals surface area (Å²) < 4.78 is 0. The molecule has 0 amide bonds. The minimum atomic E-state index is 0.859. The van der Waals surface area contributed by atoms with Gasteiger partial charge in [-0.1, -0.05) is 34.6 Å². The normalized spacial score (nSPS) is 35.5. The molecule has 0 heteroatoms. The maximum absolute atomic E-state index is 2.43. The van der Waals surface area contributed by atoms with Crippen LogP contribution in [0.2, 0.25) is 0 Å². The molecule has 0 N–H and O–H groups in total. The van der Waals surface area contributed by atoms with Crippen LogP contribution in [0.25, 0.3) is 0 Å². The van der Waals surface area contributed by atoms with Gasteiger partial charge in [-0.15, -0.1) is 0 Å². The third kappa shape index (κ3) is 1.98. The lowest BCUT2D eigenvalue weighted by atomic mass is 9.83. The average Bonchev–Trinajstić information content (AvgIpc) is 2.63. The first-order valence-electron chi connectivity index (χ1n) is 5.04. The van der Waals surface area contributed by atoms with E-state index in [9.17, 15) is 0 Å². The van der Waals surface area contributed by atoms with Crippen molar-refractivity contribution in [1.82, 2.24) is 0 Å². The molecule has 1 fully saturated rings. The van der Waals surface area contributed by atoms with Gasteiger partial charge in [-0.05, 0) is 36.0 Å². The fourth-order valence-corrected chi connectivity index (χ4v) is 2.08. The van der Waals surface area contributed by atoms with E-state index < -0.39 is 0 Å². The van der Waals surface area contributed by atoms with Gasteiger partial charge in [-0.3, -0.25) is 0 Å². The molecule has 4 unspecified atom stereocenters. The van der Waals surface area contributed by atoms with Crippen LogP contribution in [-0.4, -0.2) is 0 Å². The highest BCUT2D eigenvalue weighted by Gasteiger charge is 2.39. The number of rotatable bonds is 3. The lowest BCUT2D eigenvalue weighted by Crippen LogP contribution is -2.16. The minimum absolute atomic E-state index is 0.859. The molecule has 0 aliphatic heterocycles. The highest BCUT2D eigenvalue weighted by Crippen LogP contribution is 2.47. The van der Waals surface area contributed by atoms with E-state index in [1.807, 2.05) is 0 Å². The van der Waals surface area contributed by atoms with Crippen LogP contribution in [-0.2, 0) is 0 Å². The van der Waals surface area contributed by atoms with Crippen molar-refractivity contribution < 1.29 is 0 Å². The molecule has 11 heavy (non-hydrogen) atoms.